The van der Waals surface area contributed by atoms with E-state index in [0.29, 0.717) is 8.67 Å². The molecule has 1 atom stereocenters. The lowest BCUT2D eigenvalue weighted by atomic mass is 10.0. The van der Waals surface area contributed by atoms with E-state index in [9.17, 15) is 4.39 Å². The number of halogens is 4. The van der Waals surface area contributed by atoms with Crippen molar-refractivity contribution in [2.24, 2.45) is 5.73 Å². The van der Waals surface area contributed by atoms with E-state index in [1.165, 1.54) is 23.5 Å². The largest absolute Gasteiger partial charge is 0.320 e. The topological polar surface area (TPSA) is 26.0 Å². The van der Waals surface area contributed by atoms with Crippen LogP contribution in [0, 0.1) is 9.39 Å². The van der Waals surface area contributed by atoms with Gasteiger partial charge in [-0.15, -0.1) is 11.3 Å². The van der Waals surface area contributed by atoms with Gasteiger partial charge in [-0.25, -0.2) is 4.39 Å². The summed E-state index contributed by atoms with van der Waals surface area (Å²) in [6, 6.07) is 5.86. The van der Waals surface area contributed by atoms with E-state index < -0.39 is 6.04 Å². The minimum Gasteiger partial charge on any atom is -0.320 e. The summed E-state index contributed by atoms with van der Waals surface area (Å²) in [6.45, 7) is 0. The lowest BCUT2D eigenvalue weighted by Gasteiger charge is -2.13. The Hall–Kier alpha value is 0.120. The van der Waals surface area contributed by atoms with Crippen LogP contribution in [-0.4, -0.2) is 0 Å². The van der Waals surface area contributed by atoms with E-state index in [1.54, 1.807) is 12.1 Å². The summed E-state index contributed by atoms with van der Waals surface area (Å²) in [7, 11) is 0. The van der Waals surface area contributed by atoms with Crippen molar-refractivity contribution < 1.29 is 4.39 Å². The van der Waals surface area contributed by atoms with Gasteiger partial charge in [0, 0.05) is 9.13 Å². The molecule has 1 aromatic carbocycles. The minimum atomic E-state index is -0.390. The molecule has 1 nitrogen and oxygen atoms in total. The minimum absolute atomic E-state index is 0.278. The van der Waals surface area contributed by atoms with E-state index in [2.05, 4.69) is 22.6 Å². The fourth-order valence-corrected chi connectivity index (χ4v) is 3.85. The van der Waals surface area contributed by atoms with Gasteiger partial charge in [0.2, 0.25) is 0 Å². The van der Waals surface area contributed by atoms with Gasteiger partial charge in [0.05, 0.1) is 14.7 Å². The van der Waals surface area contributed by atoms with Crippen LogP contribution in [0.4, 0.5) is 4.39 Å². The lowest BCUT2D eigenvalue weighted by Crippen LogP contribution is -2.13. The summed E-state index contributed by atoms with van der Waals surface area (Å²) < 4.78 is 14.9. The molecule has 0 saturated heterocycles. The third-order valence-electron chi connectivity index (χ3n) is 2.32. The molecule has 0 bridgehead atoms. The first-order valence-corrected chi connectivity index (χ1v) is 7.29. The van der Waals surface area contributed by atoms with Crippen molar-refractivity contribution >= 4 is 57.1 Å². The highest BCUT2D eigenvalue weighted by Gasteiger charge is 2.18. The van der Waals surface area contributed by atoms with Gasteiger partial charge >= 0.3 is 0 Å². The first-order valence-electron chi connectivity index (χ1n) is 4.64. The number of rotatable bonds is 2. The number of hydrogen-bond acceptors (Lipinski definition) is 2. The van der Waals surface area contributed by atoms with E-state index >= 15 is 0 Å². The lowest BCUT2D eigenvalue weighted by molar-refractivity contribution is 0.625. The van der Waals surface area contributed by atoms with E-state index in [0.717, 1.165) is 14.7 Å². The Bertz CT molecular complexity index is 558. The van der Waals surface area contributed by atoms with Crippen molar-refractivity contribution in [3.63, 3.8) is 0 Å². The molecule has 1 aromatic heterocycles. The molecule has 0 amide bonds. The van der Waals surface area contributed by atoms with Gasteiger partial charge in [-0.05, 0) is 46.4 Å². The Kier molecular flexibility index (Phi) is 4.31. The van der Waals surface area contributed by atoms with E-state index in [-0.39, 0.29) is 5.82 Å². The molecule has 0 spiro atoms. The number of nitrogens with two attached hydrogens (primary N) is 1. The van der Waals surface area contributed by atoms with Crippen molar-refractivity contribution in [1.29, 1.82) is 0 Å². The van der Waals surface area contributed by atoms with Crippen LogP contribution in [0.15, 0.2) is 24.3 Å². The van der Waals surface area contributed by atoms with Gasteiger partial charge in [-0.3, -0.25) is 0 Å². The first kappa shape index (κ1) is 13.5. The second kappa shape index (κ2) is 5.40. The first-order chi connectivity index (χ1) is 7.99. The Labute approximate surface area is 126 Å². The normalized spacial score (nSPS) is 12.8. The van der Waals surface area contributed by atoms with Crippen molar-refractivity contribution in [1.82, 2.24) is 0 Å². The molecule has 0 fully saturated rings. The van der Waals surface area contributed by atoms with Gasteiger partial charge in [0.15, 0.2) is 0 Å². The molecule has 0 aliphatic heterocycles. The number of benzene rings is 1. The highest BCUT2D eigenvalue weighted by molar-refractivity contribution is 14.1. The fraction of sp³-hybridized carbons (Fsp3) is 0.0909. The molecule has 2 aromatic rings. The van der Waals surface area contributed by atoms with Crippen molar-refractivity contribution in [2.45, 2.75) is 6.04 Å². The van der Waals surface area contributed by atoms with Crippen LogP contribution in [0.2, 0.25) is 8.67 Å². The molecule has 6 heteroatoms. The summed E-state index contributed by atoms with van der Waals surface area (Å²) in [4.78, 5) is 0. The van der Waals surface area contributed by atoms with E-state index in [1.807, 2.05) is 0 Å². The molecule has 1 unspecified atom stereocenters. The van der Waals surface area contributed by atoms with Crippen LogP contribution >= 0.6 is 57.1 Å². The van der Waals surface area contributed by atoms with Crippen LogP contribution in [0.5, 0.6) is 0 Å². The van der Waals surface area contributed by atoms with Crippen molar-refractivity contribution in [2.75, 3.05) is 0 Å². The SMILES string of the molecule is NC(c1ccc(F)cc1I)c1cc(Cl)sc1Cl. The molecular formula is C11H7Cl2FINS. The Balaban J connectivity index is 2.43. The molecule has 0 aliphatic carbocycles. The molecule has 90 valence electrons. The van der Waals surface area contributed by atoms with Gasteiger partial charge in [0.25, 0.3) is 0 Å². The standard InChI is InChI=1S/C11H7Cl2FINS/c12-9-4-7(11(13)17-9)10(16)6-2-1-5(14)3-8(6)15/h1-4,10H,16H2. The third-order valence-corrected chi connectivity index (χ3v) is 4.77. The molecule has 2 N–H and O–H groups in total. The number of thiophene rings is 1. The Morgan fingerprint density at radius 1 is 1.24 bits per heavy atom. The van der Waals surface area contributed by atoms with Crippen LogP contribution in [0.3, 0.4) is 0 Å². The molecule has 0 radical (unpaired) electrons. The Morgan fingerprint density at radius 2 is 1.94 bits per heavy atom. The molecule has 0 saturated carbocycles. The summed E-state index contributed by atoms with van der Waals surface area (Å²) in [5.41, 5.74) is 7.72. The predicted molar refractivity (Wildman–Crippen MR) is 79.5 cm³/mol. The second-order valence-corrected chi connectivity index (χ2v) is 6.87. The summed E-state index contributed by atoms with van der Waals surface area (Å²) >= 11 is 15.3. The third kappa shape index (κ3) is 2.93. The molecule has 0 aliphatic rings. The average molecular weight is 402 g/mol. The van der Waals surface area contributed by atoms with Gasteiger partial charge < -0.3 is 5.73 Å². The maximum atomic E-state index is 13.0. The van der Waals surface area contributed by atoms with Crippen LogP contribution in [0.25, 0.3) is 0 Å². The second-order valence-electron chi connectivity index (χ2n) is 3.42. The summed E-state index contributed by atoms with van der Waals surface area (Å²) in [6.07, 6.45) is 0. The zero-order valence-electron chi connectivity index (χ0n) is 8.38. The number of hydrogen-bond donors (Lipinski definition) is 1. The zero-order valence-corrected chi connectivity index (χ0v) is 12.9. The summed E-state index contributed by atoms with van der Waals surface area (Å²) in [5, 5.41) is 0. The predicted octanol–water partition coefficient (Wildman–Crippen LogP) is 4.85. The van der Waals surface area contributed by atoms with Crippen LogP contribution in [-0.2, 0) is 0 Å². The van der Waals surface area contributed by atoms with E-state index in [4.69, 9.17) is 28.9 Å². The smallest absolute Gasteiger partial charge is 0.124 e. The highest BCUT2D eigenvalue weighted by Crippen LogP contribution is 2.37. The summed E-state index contributed by atoms with van der Waals surface area (Å²) in [5.74, 6) is -0.278. The maximum Gasteiger partial charge on any atom is 0.124 e. The van der Waals surface area contributed by atoms with Crippen LogP contribution in [0.1, 0.15) is 17.2 Å². The quantitative estimate of drug-likeness (QED) is 0.715. The average Bonchev–Trinajstić information content (AvgIpc) is 2.57. The van der Waals surface area contributed by atoms with Crippen molar-refractivity contribution in [3.8, 4) is 0 Å². The molecule has 1 heterocycles. The molecule has 2 rings (SSSR count). The monoisotopic (exact) mass is 401 g/mol. The Morgan fingerprint density at radius 3 is 2.47 bits per heavy atom. The molecular weight excluding hydrogens is 395 g/mol. The molecule has 17 heavy (non-hydrogen) atoms. The van der Waals surface area contributed by atoms with Gasteiger partial charge in [-0.2, -0.15) is 0 Å². The van der Waals surface area contributed by atoms with Gasteiger partial charge in [0.1, 0.15) is 5.82 Å². The van der Waals surface area contributed by atoms with Crippen LogP contribution < -0.4 is 5.73 Å². The zero-order chi connectivity index (χ0) is 12.6. The van der Waals surface area contributed by atoms with Gasteiger partial charge in [-0.1, -0.05) is 29.3 Å². The van der Waals surface area contributed by atoms with Crippen molar-refractivity contribution in [3.05, 3.63) is 53.5 Å². The maximum absolute atomic E-state index is 13.0. The fourth-order valence-electron chi connectivity index (χ4n) is 1.49. The highest BCUT2D eigenvalue weighted by atomic mass is 127.